The van der Waals surface area contributed by atoms with Gasteiger partial charge in [0.25, 0.3) is 0 Å². The molecule has 10 nitrogen and oxygen atoms in total. The van der Waals surface area contributed by atoms with Crippen LogP contribution < -0.4 is 9.47 Å². The molecule has 0 spiro atoms. The van der Waals surface area contributed by atoms with Crippen molar-refractivity contribution in [1.82, 2.24) is 40.1 Å². The maximum Gasteiger partial charge on any atom is 0.231 e. The standard InChI is InChI=1S/2C13H15N.4C12H15N.C11H14N2.C11H14O2/c1-13(2,3)11-8-4-6-10-7-5-9-14-12(10)11;1-13(2,3)12-9-8-10-6-4-5-7-11(10)14-12;1-12(2,3)10-4-5-11-9(8-10)6-7-13-11;1-12(2,3)10-5-4-9-6-7-13-11(9)8-10;1-12(2,3)10-5-4-6-11-9(10)7-8-13-11;1-12(2,3)10-6-4-5-9-7-8-13-11(9)10;1-11(2,3)9-5-4-8-7-12-13-10(8)6-9;1-11(2,3)8-4-5-9-10(6-8)13-7-12-9/h2*4-9H,1-3H3;4*4-8,13H,1-3H3;4-7H,1-3H3,(H,12,13);4-6H,7H2,1-3H3. The first kappa shape index (κ1) is 79.9. The molecule has 106 heavy (non-hydrogen) atoms. The SMILES string of the molecule is CC(C)(C)c1ccc2[nH]ccc2c1.CC(C)(C)c1ccc2c(c1)OCO2.CC(C)(C)c1ccc2cc[nH]c2c1.CC(C)(C)c1ccc2ccccc2n1.CC(C)(C)c1ccc2cn[nH]c2c1.CC(C)(C)c1cccc2[nH]ccc12.CC(C)(C)c1cccc2cc[nH]c12.CC(C)(C)c1cccc2cccnc12. The second-order valence-corrected chi connectivity index (χ2v) is 36.1. The lowest BCUT2D eigenvalue weighted by Crippen LogP contribution is -2.13. The number of aromatic amines is 5. The summed E-state index contributed by atoms with van der Waals surface area (Å²) in [5.74, 6) is 1.72. The first-order valence-electron chi connectivity index (χ1n) is 37.5. The van der Waals surface area contributed by atoms with E-state index in [2.05, 4.69) is 382 Å². The van der Waals surface area contributed by atoms with Crippen LogP contribution in [-0.4, -0.2) is 46.9 Å². The van der Waals surface area contributed by atoms with Gasteiger partial charge >= 0.3 is 0 Å². The van der Waals surface area contributed by atoms with Gasteiger partial charge in [-0.05, 0) is 178 Å². The van der Waals surface area contributed by atoms with Crippen LogP contribution in [0.15, 0.2) is 237 Å². The second kappa shape index (κ2) is 32.7. The molecule has 16 rings (SSSR count). The minimum absolute atomic E-state index is 0.129. The van der Waals surface area contributed by atoms with Crippen molar-refractivity contribution in [3.05, 3.63) is 282 Å². The second-order valence-electron chi connectivity index (χ2n) is 36.1. The Balaban J connectivity index is 0.000000140. The lowest BCUT2D eigenvalue weighted by molar-refractivity contribution is 0.174. The third-order valence-electron chi connectivity index (χ3n) is 19.0. The molecule has 15 aromatic rings. The highest BCUT2D eigenvalue weighted by Gasteiger charge is 2.23. The van der Waals surface area contributed by atoms with Crippen molar-refractivity contribution in [3.63, 3.8) is 0 Å². The molecule has 0 saturated carbocycles. The molecule has 554 valence electrons. The van der Waals surface area contributed by atoms with Gasteiger partial charge in [0.1, 0.15) is 0 Å². The Labute approximate surface area is 632 Å². The van der Waals surface area contributed by atoms with E-state index in [4.69, 9.17) is 9.47 Å². The number of aromatic nitrogens is 8. The zero-order chi connectivity index (χ0) is 77.2. The van der Waals surface area contributed by atoms with E-state index in [0.29, 0.717) is 6.79 Å². The third kappa shape index (κ3) is 21.3. The number of hydrogen-bond donors (Lipinski definition) is 5. The van der Waals surface area contributed by atoms with E-state index in [1.807, 2.05) is 61.4 Å². The van der Waals surface area contributed by atoms with Gasteiger partial charge in [0.2, 0.25) is 6.79 Å². The third-order valence-corrected chi connectivity index (χ3v) is 19.0. The van der Waals surface area contributed by atoms with E-state index in [1.54, 1.807) is 0 Å². The summed E-state index contributed by atoms with van der Waals surface area (Å²) in [6.45, 7) is 53.6. The van der Waals surface area contributed by atoms with Crippen LogP contribution in [-0.2, 0) is 43.3 Å². The fourth-order valence-corrected chi connectivity index (χ4v) is 12.4. The predicted molar refractivity (Wildman–Crippen MR) is 455 cm³/mol. The van der Waals surface area contributed by atoms with Gasteiger partial charge in [-0.15, -0.1) is 0 Å². The Bertz CT molecular complexity index is 5030. The number of ether oxygens (including phenoxy) is 2. The van der Waals surface area contributed by atoms with Gasteiger partial charge in [0, 0.05) is 85.7 Å². The Hall–Kier alpha value is -10.2. The van der Waals surface area contributed by atoms with Crippen LogP contribution in [0.3, 0.4) is 0 Å². The van der Waals surface area contributed by atoms with Gasteiger partial charge < -0.3 is 29.4 Å². The summed E-state index contributed by atoms with van der Waals surface area (Å²) in [7, 11) is 0. The summed E-state index contributed by atoms with van der Waals surface area (Å²) in [4.78, 5) is 22.1. The van der Waals surface area contributed by atoms with Crippen LogP contribution in [0, 0.1) is 0 Å². The first-order valence-corrected chi connectivity index (χ1v) is 37.5. The van der Waals surface area contributed by atoms with Gasteiger partial charge in [-0.25, -0.2) is 0 Å². The molecule has 0 saturated heterocycles. The van der Waals surface area contributed by atoms with Crippen LogP contribution in [0.4, 0.5) is 0 Å². The first-order chi connectivity index (χ1) is 49.6. The molecule has 7 aromatic heterocycles. The van der Waals surface area contributed by atoms with Gasteiger partial charge in [-0.2, -0.15) is 5.10 Å². The number of nitrogens with one attached hydrogen (secondary N) is 5. The Morgan fingerprint density at radius 3 is 1.46 bits per heavy atom. The maximum atomic E-state index is 5.31. The molecule has 8 aromatic carbocycles. The molecule has 0 atom stereocenters. The molecule has 5 N–H and O–H groups in total. The van der Waals surface area contributed by atoms with Crippen molar-refractivity contribution in [2.24, 2.45) is 0 Å². The van der Waals surface area contributed by atoms with Crippen molar-refractivity contribution in [2.45, 2.75) is 209 Å². The van der Waals surface area contributed by atoms with Crippen molar-refractivity contribution >= 4 is 76.3 Å². The molecule has 0 unspecified atom stereocenters. The van der Waals surface area contributed by atoms with Gasteiger partial charge in [-0.1, -0.05) is 281 Å². The monoisotopic (exact) mass is 1410 g/mol. The summed E-state index contributed by atoms with van der Waals surface area (Å²) >= 11 is 0. The topological polar surface area (TPSA) is 136 Å². The highest BCUT2D eigenvalue weighted by molar-refractivity contribution is 5.86. The number of nitrogens with zero attached hydrogens (tertiary/aromatic N) is 3. The number of fused-ring (bicyclic) bond motifs is 8. The average molecular weight is 1420 g/mol. The molecule has 0 bridgehead atoms. The van der Waals surface area contributed by atoms with Crippen molar-refractivity contribution < 1.29 is 9.47 Å². The van der Waals surface area contributed by atoms with Crippen LogP contribution >= 0.6 is 0 Å². The Morgan fingerprint density at radius 2 is 0.802 bits per heavy atom. The molecular formula is C96H118N8O2. The lowest BCUT2D eigenvalue weighted by atomic mass is 9.85. The molecule has 8 heterocycles. The minimum Gasteiger partial charge on any atom is -0.454 e. The summed E-state index contributed by atoms with van der Waals surface area (Å²) in [5.41, 5.74) is 20.5. The molecule has 1 aliphatic heterocycles. The zero-order valence-electron chi connectivity index (χ0n) is 67.9. The molecule has 0 fully saturated rings. The molecule has 10 heteroatoms. The summed E-state index contributed by atoms with van der Waals surface area (Å²) in [6, 6.07) is 70.1. The number of para-hydroxylation sites is 3. The van der Waals surface area contributed by atoms with E-state index < -0.39 is 0 Å². The smallest absolute Gasteiger partial charge is 0.231 e. The average Bonchev–Trinajstić information content (AvgIpc) is 1.76. The lowest BCUT2D eigenvalue weighted by Gasteiger charge is -2.20. The van der Waals surface area contributed by atoms with Crippen molar-refractivity contribution in [3.8, 4) is 11.5 Å². The summed E-state index contributed by atoms with van der Waals surface area (Å²) < 4.78 is 10.6. The largest absolute Gasteiger partial charge is 0.454 e. The number of H-pyrrole nitrogens is 5. The van der Waals surface area contributed by atoms with Crippen LogP contribution in [0.5, 0.6) is 11.5 Å². The van der Waals surface area contributed by atoms with E-state index in [9.17, 15) is 0 Å². The molecule has 0 amide bonds. The zero-order valence-corrected chi connectivity index (χ0v) is 67.9. The van der Waals surface area contributed by atoms with Crippen molar-refractivity contribution in [1.29, 1.82) is 0 Å². The number of rotatable bonds is 0. The van der Waals surface area contributed by atoms with Gasteiger partial charge in [0.05, 0.1) is 22.7 Å². The van der Waals surface area contributed by atoms with E-state index >= 15 is 0 Å². The van der Waals surface area contributed by atoms with Gasteiger partial charge in [-0.3, -0.25) is 15.1 Å². The van der Waals surface area contributed by atoms with Crippen LogP contribution in [0.1, 0.15) is 211 Å². The van der Waals surface area contributed by atoms with Crippen LogP contribution in [0.25, 0.3) is 76.3 Å². The van der Waals surface area contributed by atoms with Crippen molar-refractivity contribution in [2.75, 3.05) is 6.79 Å². The quantitative estimate of drug-likeness (QED) is 0.103. The highest BCUT2D eigenvalue weighted by Crippen LogP contribution is 2.37. The number of benzene rings is 8. The Morgan fingerprint density at radius 1 is 0.311 bits per heavy atom. The summed E-state index contributed by atoms with van der Waals surface area (Å²) in [6.07, 6.45) is 11.7. The van der Waals surface area contributed by atoms with Gasteiger partial charge in [0.15, 0.2) is 11.5 Å². The fraction of sp³-hybridized carbons (Fsp3) is 0.344. The highest BCUT2D eigenvalue weighted by atomic mass is 16.7. The molecule has 1 aliphatic rings. The van der Waals surface area contributed by atoms with Crippen LogP contribution in [0.2, 0.25) is 0 Å². The molecule has 0 aliphatic carbocycles. The molecule has 0 radical (unpaired) electrons. The minimum atomic E-state index is 0.129. The van der Waals surface area contributed by atoms with E-state index in [-0.39, 0.29) is 43.3 Å². The fourth-order valence-electron chi connectivity index (χ4n) is 12.4. The predicted octanol–water partition coefficient (Wildman–Crippen LogP) is 26.5. The number of pyridine rings is 2. The number of hydrogen-bond acceptors (Lipinski definition) is 5. The Kier molecular flexibility index (Phi) is 24.6. The summed E-state index contributed by atoms with van der Waals surface area (Å²) in [5, 5.41) is 15.8. The maximum absolute atomic E-state index is 5.31. The van der Waals surface area contributed by atoms with E-state index in [0.717, 1.165) is 33.7 Å². The normalized spacial score (nSPS) is 12.5. The molecular weight excluding hydrogens is 1300 g/mol. The van der Waals surface area contributed by atoms with E-state index in [1.165, 1.54) is 98.7 Å².